The van der Waals surface area contributed by atoms with E-state index in [1.54, 1.807) is 17.6 Å². The predicted octanol–water partition coefficient (Wildman–Crippen LogP) is 4.58. The van der Waals surface area contributed by atoms with Gasteiger partial charge in [0, 0.05) is 23.6 Å². The van der Waals surface area contributed by atoms with Gasteiger partial charge >= 0.3 is 0 Å². The van der Waals surface area contributed by atoms with Gasteiger partial charge in [-0.15, -0.1) is 11.3 Å². The number of carbonyl (C=O) groups excluding carboxylic acids is 1. The van der Waals surface area contributed by atoms with Crippen molar-refractivity contribution in [1.82, 2.24) is 9.88 Å². The summed E-state index contributed by atoms with van der Waals surface area (Å²) in [5.74, 6) is -0.0908. The van der Waals surface area contributed by atoms with E-state index in [1.807, 2.05) is 34.2 Å². The van der Waals surface area contributed by atoms with Crippen LogP contribution < -0.4 is 5.32 Å². The van der Waals surface area contributed by atoms with Crippen molar-refractivity contribution in [2.24, 2.45) is 0 Å². The summed E-state index contributed by atoms with van der Waals surface area (Å²) in [7, 11) is 0. The van der Waals surface area contributed by atoms with Crippen LogP contribution in [0.5, 0.6) is 0 Å². The Morgan fingerprint density at radius 3 is 2.80 bits per heavy atom. The molecule has 0 bridgehead atoms. The van der Waals surface area contributed by atoms with Gasteiger partial charge in [-0.25, -0.2) is 0 Å². The number of carbonyl (C=O) groups is 1. The Labute approximate surface area is 149 Å². The number of fused-ring (bicyclic) bond motifs is 1. The standard InChI is InChI=1S/C20H18N2O2S/c1-14-4-6-15(7-5-14)13-22-17-8-9-24-19(17)11-18(22)20(23)21-12-16-3-2-10-25-16/h2-11H,12-13H2,1H3,(H,21,23). The van der Waals surface area contributed by atoms with Crippen molar-refractivity contribution in [2.75, 3.05) is 0 Å². The first-order valence-corrected chi connectivity index (χ1v) is 9.01. The molecule has 1 aromatic carbocycles. The number of nitrogens with one attached hydrogen (secondary N) is 1. The zero-order valence-electron chi connectivity index (χ0n) is 13.9. The number of thiophene rings is 1. The number of hydrogen-bond donors (Lipinski definition) is 1. The summed E-state index contributed by atoms with van der Waals surface area (Å²) in [6.07, 6.45) is 1.66. The molecule has 0 saturated heterocycles. The Morgan fingerprint density at radius 1 is 1.20 bits per heavy atom. The summed E-state index contributed by atoms with van der Waals surface area (Å²) in [6.45, 7) is 3.23. The first-order chi connectivity index (χ1) is 12.2. The Hall–Kier alpha value is -2.79. The molecule has 0 aliphatic carbocycles. The Bertz CT molecular complexity index is 994. The summed E-state index contributed by atoms with van der Waals surface area (Å²) in [6, 6.07) is 16.1. The zero-order valence-corrected chi connectivity index (χ0v) is 14.7. The lowest BCUT2D eigenvalue weighted by Gasteiger charge is -2.11. The van der Waals surface area contributed by atoms with Gasteiger partial charge in [0.15, 0.2) is 5.58 Å². The second-order valence-corrected chi connectivity index (χ2v) is 7.07. The van der Waals surface area contributed by atoms with Crippen LogP contribution in [0.1, 0.15) is 26.5 Å². The van der Waals surface area contributed by atoms with Crippen LogP contribution in [0, 0.1) is 6.92 Å². The second-order valence-electron chi connectivity index (χ2n) is 6.03. The smallest absolute Gasteiger partial charge is 0.268 e. The molecule has 4 aromatic rings. The Kier molecular flexibility index (Phi) is 4.15. The third-order valence-corrected chi connectivity index (χ3v) is 5.10. The SMILES string of the molecule is Cc1ccc(Cn2c(C(=O)NCc3cccs3)cc3occc32)cc1. The molecular weight excluding hydrogens is 332 g/mol. The van der Waals surface area contributed by atoms with Crippen LogP contribution in [-0.2, 0) is 13.1 Å². The summed E-state index contributed by atoms with van der Waals surface area (Å²) in [4.78, 5) is 13.8. The van der Waals surface area contributed by atoms with Crippen molar-refractivity contribution >= 4 is 28.3 Å². The number of aromatic nitrogens is 1. The summed E-state index contributed by atoms with van der Waals surface area (Å²) in [5, 5.41) is 5.01. The third-order valence-electron chi connectivity index (χ3n) is 4.22. The molecular formula is C20H18N2O2S. The lowest BCUT2D eigenvalue weighted by Crippen LogP contribution is -2.25. The van der Waals surface area contributed by atoms with Crippen molar-refractivity contribution in [3.63, 3.8) is 0 Å². The average molecular weight is 350 g/mol. The molecule has 0 saturated carbocycles. The van der Waals surface area contributed by atoms with Gasteiger partial charge in [-0.05, 0) is 23.9 Å². The zero-order chi connectivity index (χ0) is 17.2. The lowest BCUT2D eigenvalue weighted by molar-refractivity contribution is 0.0943. The van der Waals surface area contributed by atoms with Gasteiger partial charge in [0.2, 0.25) is 0 Å². The van der Waals surface area contributed by atoms with Crippen LogP contribution in [0.3, 0.4) is 0 Å². The molecule has 0 spiro atoms. The predicted molar refractivity (Wildman–Crippen MR) is 100.0 cm³/mol. The van der Waals surface area contributed by atoms with Gasteiger partial charge in [0.1, 0.15) is 5.69 Å². The fourth-order valence-electron chi connectivity index (χ4n) is 2.88. The number of benzene rings is 1. The number of nitrogens with zero attached hydrogens (tertiary/aromatic N) is 1. The van der Waals surface area contributed by atoms with Crippen LogP contribution >= 0.6 is 11.3 Å². The van der Waals surface area contributed by atoms with E-state index in [2.05, 4.69) is 36.5 Å². The highest BCUT2D eigenvalue weighted by molar-refractivity contribution is 7.09. The molecule has 5 heteroatoms. The number of amides is 1. The fourth-order valence-corrected chi connectivity index (χ4v) is 3.53. The second kappa shape index (κ2) is 6.61. The minimum Gasteiger partial charge on any atom is -0.463 e. The molecule has 1 amide bonds. The maximum absolute atomic E-state index is 12.7. The van der Waals surface area contributed by atoms with E-state index in [4.69, 9.17) is 4.42 Å². The first kappa shape index (κ1) is 15.7. The van der Waals surface area contributed by atoms with Gasteiger partial charge < -0.3 is 14.3 Å². The molecule has 0 radical (unpaired) electrons. The molecule has 0 atom stereocenters. The fraction of sp³-hybridized carbons (Fsp3) is 0.150. The van der Waals surface area contributed by atoms with E-state index in [1.165, 1.54) is 5.56 Å². The van der Waals surface area contributed by atoms with E-state index in [9.17, 15) is 4.79 Å². The number of aryl methyl sites for hydroxylation is 1. The minimum atomic E-state index is -0.0908. The molecule has 126 valence electrons. The highest BCUT2D eigenvalue weighted by Gasteiger charge is 2.17. The van der Waals surface area contributed by atoms with Gasteiger partial charge in [0.05, 0.1) is 18.3 Å². The van der Waals surface area contributed by atoms with Crippen molar-refractivity contribution in [3.05, 3.63) is 81.9 Å². The van der Waals surface area contributed by atoms with Crippen LogP contribution in [0.15, 0.2) is 64.6 Å². The molecule has 0 aliphatic rings. The maximum atomic E-state index is 12.7. The molecule has 1 N–H and O–H groups in total. The number of rotatable bonds is 5. The molecule has 0 unspecified atom stereocenters. The van der Waals surface area contributed by atoms with Gasteiger partial charge in [0.25, 0.3) is 5.91 Å². The van der Waals surface area contributed by atoms with Crippen LogP contribution in [-0.4, -0.2) is 10.5 Å². The van der Waals surface area contributed by atoms with E-state index >= 15 is 0 Å². The number of furan rings is 1. The largest absolute Gasteiger partial charge is 0.463 e. The third kappa shape index (κ3) is 3.23. The molecule has 25 heavy (non-hydrogen) atoms. The topological polar surface area (TPSA) is 47.2 Å². The van der Waals surface area contributed by atoms with E-state index < -0.39 is 0 Å². The summed E-state index contributed by atoms with van der Waals surface area (Å²) >= 11 is 1.63. The Balaban J connectivity index is 1.62. The summed E-state index contributed by atoms with van der Waals surface area (Å²) in [5.41, 5.74) is 4.65. The molecule has 4 rings (SSSR count). The summed E-state index contributed by atoms with van der Waals surface area (Å²) < 4.78 is 7.51. The lowest BCUT2D eigenvalue weighted by atomic mass is 10.1. The van der Waals surface area contributed by atoms with Crippen molar-refractivity contribution < 1.29 is 9.21 Å². The van der Waals surface area contributed by atoms with Crippen LogP contribution in [0.25, 0.3) is 11.1 Å². The van der Waals surface area contributed by atoms with Crippen LogP contribution in [0.2, 0.25) is 0 Å². The van der Waals surface area contributed by atoms with Crippen molar-refractivity contribution in [2.45, 2.75) is 20.0 Å². The van der Waals surface area contributed by atoms with Crippen molar-refractivity contribution in [3.8, 4) is 0 Å². The quantitative estimate of drug-likeness (QED) is 0.572. The van der Waals surface area contributed by atoms with Gasteiger partial charge in [-0.1, -0.05) is 35.9 Å². The molecule has 4 nitrogen and oxygen atoms in total. The van der Waals surface area contributed by atoms with Crippen LogP contribution in [0.4, 0.5) is 0 Å². The van der Waals surface area contributed by atoms with E-state index in [-0.39, 0.29) is 5.91 Å². The molecule has 0 aliphatic heterocycles. The molecule has 0 fully saturated rings. The first-order valence-electron chi connectivity index (χ1n) is 8.13. The van der Waals surface area contributed by atoms with Gasteiger partial charge in [-0.3, -0.25) is 4.79 Å². The normalized spacial score (nSPS) is 11.1. The molecule has 3 heterocycles. The monoisotopic (exact) mass is 350 g/mol. The highest BCUT2D eigenvalue weighted by Crippen LogP contribution is 2.23. The molecule has 3 aromatic heterocycles. The van der Waals surface area contributed by atoms with E-state index in [0.29, 0.717) is 18.8 Å². The maximum Gasteiger partial charge on any atom is 0.268 e. The number of hydrogen-bond acceptors (Lipinski definition) is 3. The minimum absolute atomic E-state index is 0.0908. The average Bonchev–Trinajstić information content (AvgIpc) is 3.33. The van der Waals surface area contributed by atoms with Gasteiger partial charge in [-0.2, -0.15) is 0 Å². The van der Waals surface area contributed by atoms with Crippen molar-refractivity contribution in [1.29, 1.82) is 0 Å². The Morgan fingerprint density at radius 2 is 2.04 bits per heavy atom. The highest BCUT2D eigenvalue weighted by atomic mass is 32.1. The van der Waals surface area contributed by atoms with E-state index in [0.717, 1.165) is 21.5 Å².